The summed E-state index contributed by atoms with van der Waals surface area (Å²) in [5.74, 6) is 0. The van der Waals surface area contributed by atoms with E-state index in [1.54, 1.807) is 0 Å². The molecule has 0 saturated heterocycles. The molecule has 2 aromatic carbocycles. The Bertz CT molecular complexity index is 1060. The van der Waals surface area contributed by atoms with Crippen LogP contribution in [0.3, 0.4) is 0 Å². The number of hydrogen-bond acceptors (Lipinski definition) is 2. The van der Waals surface area contributed by atoms with E-state index in [1.807, 2.05) is 0 Å². The third-order valence-electron chi connectivity index (χ3n) is 6.27. The van der Waals surface area contributed by atoms with Crippen LogP contribution in [0.5, 0.6) is 0 Å². The summed E-state index contributed by atoms with van der Waals surface area (Å²) in [6.45, 7) is 8.81. The Morgan fingerprint density at radius 3 is 1.42 bits per heavy atom. The van der Waals surface area contributed by atoms with Gasteiger partial charge in [-0.3, -0.25) is 0 Å². The quantitative estimate of drug-likeness (QED) is 0.225. The van der Waals surface area contributed by atoms with Crippen molar-refractivity contribution in [2.75, 3.05) is 0 Å². The maximum atomic E-state index is 5.04. The van der Waals surface area contributed by atoms with Crippen molar-refractivity contribution in [2.24, 2.45) is 0 Å². The van der Waals surface area contributed by atoms with Gasteiger partial charge in [-0.25, -0.2) is 0 Å². The summed E-state index contributed by atoms with van der Waals surface area (Å²) < 4.78 is 0. The van der Waals surface area contributed by atoms with Gasteiger partial charge in [0.25, 0.3) is 0 Å². The SMILES string of the molecule is CC1(C)c2[c-]c(ccc2)-c2cccc(n2)C(C)(C)c2cccc(n2)-c2[c-]c1ccc2.[Pt+2]. The molecular formula is C28H24N2Pt. The van der Waals surface area contributed by atoms with Crippen molar-refractivity contribution < 1.29 is 21.1 Å². The molecule has 4 aromatic rings. The maximum Gasteiger partial charge on any atom is 2.00 e. The number of aromatic nitrogens is 2. The minimum absolute atomic E-state index is 0. The molecule has 1 aliphatic heterocycles. The smallest absolute Gasteiger partial charge is 0.300 e. The first kappa shape index (κ1) is 21.7. The average molecular weight is 584 g/mol. The van der Waals surface area contributed by atoms with Crippen LogP contribution in [0.2, 0.25) is 0 Å². The van der Waals surface area contributed by atoms with E-state index in [4.69, 9.17) is 9.97 Å². The number of rotatable bonds is 0. The normalized spacial score (nSPS) is 15.4. The van der Waals surface area contributed by atoms with Gasteiger partial charge in [0.05, 0.1) is 0 Å². The standard InChI is InChI=1S/C28H24N2.Pt/c1-27(2)21-11-5-9-19(17-21)23-13-7-15-25(29-23)28(3,4)26-16-8-14-24(30-26)20-10-6-12-22(27)18-20;/h5-16H,1-4H3;/q-2;+2. The van der Waals surface area contributed by atoms with Gasteiger partial charge in [0.1, 0.15) is 0 Å². The fraction of sp³-hybridized carbons (Fsp3) is 0.214. The summed E-state index contributed by atoms with van der Waals surface area (Å²) in [5.41, 5.74) is 7.55. The molecule has 2 aromatic heterocycles. The summed E-state index contributed by atoms with van der Waals surface area (Å²) in [6.07, 6.45) is 0. The molecule has 0 aliphatic carbocycles. The van der Waals surface area contributed by atoms with Gasteiger partial charge < -0.3 is 9.97 Å². The van der Waals surface area contributed by atoms with Crippen molar-refractivity contribution in [3.63, 3.8) is 0 Å². The van der Waals surface area contributed by atoms with Crippen LogP contribution in [0.15, 0.2) is 72.8 Å². The van der Waals surface area contributed by atoms with Crippen molar-refractivity contribution in [3.8, 4) is 22.5 Å². The van der Waals surface area contributed by atoms with E-state index in [0.717, 1.165) is 45.0 Å². The summed E-state index contributed by atoms with van der Waals surface area (Å²) >= 11 is 0. The third kappa shape index (κ3) is 3.68. The van der Waals surface area contributed by atoms with Crippen LogP contribution < -0.4 is 0 Å². The summed E-state index contributed by atoms with van der Waals surface area (Å²) in [6, 6.07) is 32.4. The predicted molar refractivity (Wildman–Crippen MR) is 121 cm³/mol. The Hall–Kier alpha value is -2.57. The summed E-state index contributed by atoms with van der Waals surface area (Å²) in [7, 11) is 0. The van der Waals surface area contributed by atoms with E-state index in [0.29, 0.717) is 0 Å². The molecule has 31 heavy (non-hydrogen) atoms. The average Bonchev–Trinajstić information content (AvgIpc) is 2.79. The molecule has 0 radical (unpaired) electrons. The first-order valence-electron chi connectivity index (χ1n) is 10.4. The zero-order chi connectivity index (χ0) is 20.9. The van der Waals surface area contributed by atoms with Crippen LogP contribution in [0, 0.1) is 12.1 Å². The zero-order valence-electron chi connectivity index (χ0n) is 18.1. The summed E-state index contributed by atoms with van der Waals surface area (Å²) in [4.78, 5) is 10.1. The Labute approximate surface area is 199 Å². The summed E-state index contributed by atoms with van der Waals surface area (Å²) in [5, 5.41) is 0. The third-order valence-corrected chi connectivity index (χ3v) is 6.27. The topological polar surface area (TPSA) is 25.8 Å². The van der Waals surface area contributed by atoms with Gasteiger partial charge in [-0.1, -0.05) is 38.1 Å². The molecule has 0 unspecified atom stereocenters. The predicted octanol–water partition coefficient (Wildman–Crippen LogP) is 6.37. The molecule has 3 heteroatoms. The van der Waals surface area contributed by atoms with Crippen molar-refractivity contribution in [1.29, 1.82) is 0 Å². The second-order valence-corrected chi connectivity index (χ2v) is 9.02. The van der Waals surface area contributed by atoms with Crippen LogP contribution in [0.4, 0.5) is 0 Å². The Kier molecular flexibility index (Phi) is 5.48. The number of fused-ring (bicyclic) bond motifs is 10. The van der Waals surface area contributed by atoms with E-state index < -0.39 is 0 Å². The Morgan fingerprint density at radius 2 is 0.968 bits per heavy atom. The van der Waals surface area contributed by atoms with Gasteiger partial charge in [0.2, 0.25) is 0 Å². The molecule has 5 rings (SSSR count). The minimum Gasteiger partial charge on any atom is -0.300 e. The van der Waals surface area contributed by atoms with Gasteiger partial charge in [-0.05, 0) is 42.8 Å². The largest absolute Gasteiger partial charge is 2.00 e. The number of benzene rings is 2. The van der Waals surface area contributed by atoms with E-state index in [-0.39, 0.29) is 31.9 Å². The Morgan fingerprint density at radius 1 is 0.548 bits per heavy atom. The Balaban J connectivity index is 0.00000231. The molecule has 3 heterocycles. The second-order valence-electron chi connectivity index (χ2n) is 9.02. The van der Waals surface area contributed by atoms with Crippen molar-refractivity contribution >= 4 is 0 Å². The van der Waals surface area contributed by atoms with Crippen molar-refractivity contribution in [1.82, 2.24) is 9.97 Å². The molecule has 0 N–H and O–H groups in total. The first-order valence-corrected chi connectivity index (χ1v) is 10.4. The van der Waals surface area contributed by atoms with Crippen LogP contribution >= 0.6 is 0 Å². The molecule has 0 atom stereocenters. The van der Waals surface area contributed by atoms with Gasteiger partial charge in [0.15, 0.2) is 0 Å². The van der Waals surface area contributed by atoms with Gasteiger partial charge in [-0.2, -0.15) is 0 Å². The van der Waals surface area contributed by atoms with Crippen molar-refractivity contribution in [2.45, 2.75) is 38.5 Å². The van der Waals surface area contributed by atoms with E-state index in [2.05, 4.69) is 113 Å². The van der Waals surface area contributed by atoms with Crippen LogP contribution in [-0.4, -0.2) is 9.97 Å². The minimum atomic E-state index is -0.329. The molecule has 2 nitrogen and oxygen atoms in total. The maximum absolute atomic E-state index is 5.04. The number of pyridine rings is 2. The molecule has 0 amide bonds. The molecule has 8 bridgehead atoms. The van der Waals surface area contributed by atoms with Crippen molar-refractivity contribution in [3.05, 3.63) is 107 Å². The fourth-order valence-corrected chi connectivity index (χ4v) is 4.11. The van der Waals surface area contributed by atoms with E-state index in [9.17, 15) is 0 Å². The van der Waals surface area contributed by atoms with Gasteiger partial charge in [0, 0.05) is 16.8 Å². The molecule has 156 valence electrons. The van der Waals surface area contributed by atoms with Gasteiger partial charge in [-0.15, -0.1) is 70.8 Å². The second kappa shape index (κ2) is 7.84. The zero-order valence-corrected chi connectivity index (χ0v) is 20.4. The first-order chi connectivity index (χ1) is 14.4. The fourth-order valence-electron chi connectivity index (χ4n) is 4.11. The number of hydrogen-bond donors (Lipinski definition) is 0. The van der Waals surface area contributed by atoms with Crippen LogP contribution in [0.1, 0.15) is 50.2 Å². The monoisotopic (exact) mass is 583 g/mol. The number of nitrogens with zero attached hydrogens (tertiary/aromatic N) is 2. The van der Waals surface area contributed by atoms with E-state index >= 15 is 0 Å². The molecule has 1 aliphatic rings. The molecule has 0 fully saturated rings. The molecule has 0 spiro atoms. The molecular weight excluding hydrogens is 559 g/mol. The van der Waals surface area contributed by atoms with Gasteiger partial charge >= 0.3 is 21.1 Å². The van der Waals surface area contributed by atoms with Crippen LogP contribution in [0.25, 0.3) is 22.5 Å². The molecule has 0 saturated carbocycles. The van der Waals surface area contributed by atoms with Crippen LogP contribution in [-0.2, 0) is 31.9 Å². The van der Waals surface area contributed by atoms with E-state index in [1.165, 1.54) is 0 Å².